The third-order valence-corrected chi connectivity index (χ3v) is 6.98. The van der Waals surface area contributed by atoms with Gasteiger partial charge in [-0.2, -0.15) is 0 Å². The number of aryl methyl sites for hydroxylation is 3. The number of rotatable bonds is 5. The van der Waals surface area contributed by atoms with Crippen molar-refractivity contribution in [1.29, 1.82) is 0 Å². The van der Waals surface area contributed by atoms with E-state index < -0.39 is 10.0 Å². The summed E-state index contributed by atoms with van der Waals surface area (Å²) in [6.45, 7) is 4.26. The Morgan fingerprint density at radius 2 is 1.77 bits per heavy atom. The van der Waals surface area contributed by atoms with Gasteiger partial charge in [0.2, 0.25) is 10.0 Å². The summed E-state index contributed by atoms with van der Waals surface area (Å²) in [6, 6.07) is 10.5. The zero-order valence-electron chi connectivity index (χ0n) is 19.8. The zero-order valence-corrected chi connectivity index (χ0v) is 20.6. The third kappa shape index (κ3) is 4.12. The first-order chi connectivity index (χ1) is 16.5. The quantitative estimate of drug-likeness (QED) is 0.374. The van der Waals surface area contributed by atoms with Crippen LogP contribution in [-0.4, -0.2) is 28.8 Å². The average Bonchev–Trinajstić information content (AvgIpc) is 3.31. The molecule has 5 rings (SSSR count). The van der Waals surface area contributed by atoms with Gasteiger partial charge in [-0.05, 0) is 72.5 Å². The molecule has 9 heteroatoms. The summed E-state index contributed by atoms with van der Waals surface area (Å²) in [4.78, 5) is 15.1. The maximum absolute atomic E-state index is 13.9. The molecule has 2 N–H and O–H groups in total. The van der Waals surface area contributed by atoms with Crippen LogP contribution in [0.1, 0.15) is 16.7 Å². The maximum Gasteiger partial charge on any atom is 0.272 e. The molecule has 3 heterocycles. The number of nitrogens with one attached hydrogen (secondary N) is 2. The van der Waals surface area contributed by atoms with Crippen molar-refractivity contribution in [2.75, 3.05) is 11.0 Å². The second-order valence-corrected chi connectivity index (χ2v) is 10.8. The van der Waals surface area contributed by atoms with E-state index in [0.717, 1.165) is 50.4 Å². The number of H-pyrrole nitrogens is 1. The molecule has 5 aromatic rings. The van der Waals surface area contributed by atoms with Gasteiger partial charge in [0.05, 0.1) is 17.5 Å². The first-order valence-electron chi connectivity index (χ1n) is 11.1. The van der Waals surface area contributed by atoms with Gasteiger partial charge in [-0.15, -0.1) is 0 Å². The van der Waals surface area contributed by atoms with Gasteiger partial charge in [-0.25, -0.2) is 12.8 Å². The van der Waals surface area contributed by atoms with E-state index in [4.69, 9.17) is 0 Å². The Morgan fingerprint density at radius 1 is 1.06 bits per heavy atom. The smallest absolute Gasteiger partial charge is 0.272 e. The van der Waals surface area contributed by atoms with E-state index in [1.54, 1.807) is 23.9 Å². The predicted octanol–water partition coefficient (Wildman–Crippen LogP) is 4.66. The highest BCUT2D eigenvalue weighted by atomic mass is 32.2. The molecule has 2 aromatic carbocycles. The molecule has 0 radical (unpaired) electrons. The molecular formula is C26H25FN4O3S. The summed E-state index contributed by atoms with van der Waals surface area (Å²) < 4.78 is 44.6. The fraction of sp³-hybridized carbons (Fsp3) is 0.192. The van der Waals surface area contributed by atoms with Crippen LogP contribution in [0.3, 0.4) is 0 Å². The molecule has 35 heavy (non-hydrogen) atoms. The normalized spacial score (nSPS) is 12.0. The van der Waals surface area contributed by atoms with Gasteiger partial charge < -0.3 is 14.1 Å². The molecule has 0 atom stereocenters. The summed E-state index contributed by atoms with van der Waals surface area (Å²) in [6.07, 6.45) is 6.49. The maximum atomic E-state index is 13.9. The number of aromatic amines is 1. The third-order valence-electron chi connectivity index (χ3n) is 6.38. The van der Waals surface area contributed by atoms with Gasteiger partial charge in [0, 0.05) is 48.5 Å². The van der Waals surface area contributed by atoms with Crippen molar-refractivity contribution in [2.24, 2.45) is 7.05 Å². The van der Waals surface area contributed by atoms with Crippen LogP contribution in [0.25, 0.3) is 32.9 Å². The standard InChI is InChI=1S/C26H25FN4O3S/c1-15-9-18(27)10-16(2)21(15)14-31-8-6-20-23(29-35(4,33)34)11-17(12-24(20)31)22-13-30(3)25-19(22)5-7-28-26(25)32/h5-13,29H,14H2,1-4H3,(H,28,32). The van der Waals surface area contributed by atoms with Crippen molar-refractivity contribution in [3.05, 3.63) is 87.9 Å². The largest absolute Gasteiger partial charge is 0.345 e. The minimum atomic E-state index is -3.54. The van der Waals surface area contributed by atoms with E-state index >= 15 is 0 Å². The number of hydrogen-bond acceptors (Lipinski definition) is 3. The number of anilines is 1. The number of aromatic nitrogens is 3. The summed E-state index contributed by atoms with van der Waals surface area (Å²) in [5.74, 6) is -0.269. The minimum absolute atomic E-state index is 0.197. The van der Waals surface area contributed by atoms with E-state index in [-0.39, 0.29) is 11.4 Å². The van der Waals surface area contributed by atoms with Crippen LogP contribution >= 0.6 is 0 Å². The van der Waals surface area contributed by atoms with Gasteiger partial charge in [0.25, 0.3) is 5.56 Å². The minimum Gasteiger partial charge on any atom is -0.345 e. The highest BCUT2D eigenvalue weighted by Crippen LogP contribution is 2.36. The number of pyridine rings is 1. The summed E-state index contributed by atoms with van der Waals surface area (Å²) >= 11 is 0. The molecule has 0 aliphatic heterocycles. The number of nitrogens with zero attached hydrogens (tertiary/aromatic N) is 2. The average molecular weight is 493 g/mol. The second-order valence-electron chi connectivity index (χ2n) is 9.02. The van der Waals surface area contributed by atoms with Crippen LogP contribution in [0.5, 0.6) is 0 Å². The Bertz CT molecular complexity index is 1770. The fourth-order valence-corrected chi connectivity index (χ4v) is 5.40. The molecule has 0 spiro atoms. The molecule has 0 bridgehead atoms. The highest BCUT2D eigenvalue weighted by molar-refractivity contribution is 7.92. The Labute approximate surface area is 201 Å². The number of sulfonamides is 1. The lowest BCUT2D eigenvalue weighted by molar-refractivity contribution is 0.607. The van der Waals surface area contributed by atoms with E-state index in [1.807, 2.05) is 49.0 Å². The lowest BCUT2D eigenvalue weighted by atomic mass is 10.0. The van der Waals surface area contributed by atoms with E-state index in [0.29, 0.717) is 17.7 Å². The Morgan fingerprint density at radius 3 is 2.46 bits per heavy atom. The van der Waals surface area contributed by atoms with Crippen LogP contribution < -0.4 is 10.3 Å². The molecule has 0 aliphatic rings. The zero-order chi connectivity index (χ0) is 25.1. The van der Waals surface area contributed by atoms with Crippen molar-refractivity contribution >= 4 is 37.5 Å². The van der Waals surface area contributed by atoms with Crippen LogP contribution in [-0.2, 0) is 23.6 Å². The molecule has 180 valence electrons. The molecule has 0 amide bonds. The van der Waals surface area contributed by atoms with Crippen LogP contribution in [0.4, 0.5) is 10.1 Å². The van der Waals surface area contributed by atoms with Gasteiger partial charge in [-0.3, -0.25) is 9.52 Å². The molecule has 0 saturated carbocycles. The molecule has 3 aromatic heterocycles. The Balaban J connectivity index is 1.75. The van der Waals surface area contributed by atoms with Crippen LogP contribution in [0.15, 0.2) is 59.8 Å². The lowest BCUT2D eigenvalue weighted by Crippen LogP contribution is -2.10. The van der Waals surface area contributed by atoms with E-state index in [1.165, 1.54) is 12.1 Å². The summed E-state index contributed by atoms with van der Waals surface area (Å²) in [7, 11) is -1.74. The van der Waals surface area contributed by atoms with Crippen molar-refractivity contribution in [3.63, 3.8) is 0 Å². The first kappa shape index (κ1) is 22.9. The molecule has 0 unspecified atom stereocenters. The van der Waals surface area contributed by atoms with E-state index in [9.17, 15) is 17.6 Å². The summed E-state index contributed by atoms with van der Waals surface area (Å²) in [5.41, 5.74) is 5.90. The number of fused-ring (bicyclic) bond motifs is 2. The van der Waals surface area contributed by atoms with Gasteiger partial charge in [-0.1, -0.05) is 0 Å². The molecular weight excluding hydrogens is 467 g/mol. The Kier molecular flexibility index (Phi) is 5.32. The van der Waals surface area contributed by atoms with Crippen LogP contribution in [0, 0.1) is 19.7 Å². The summed E-state index contributed by atoms with van der Waals surface area (Å²) in [5, 5.41) is 1.51. The number of benzene rings is 2. The van der Waals surface area contributed by atoms with Gasteiger partial charge in [0.15, 0.2) is 0 Å². The molecule has 0 aliphatic carbocycles. The second kappa shape index (κ2) is 8.13. The molecule has 0 saturated heterocycles. The van der Waals surface area contributed by atoms with Crippen LogP contribution in [0.2, 0.25) is 0 Å². The van der Waals surface area contributed by atoms with Crippen molar-refractivity contribution in [2.45, 2.75) is 20.4 Å². The van der Waals surface area contributed by atoms with Crippen molar-refractivity contribution < 1.29 is 12.8 Å². The number of halogens is 1. The molecule has 0 fully saturated rings. The fourth-order valence-electron chi connectivity index (χ4n) is 4.83. The predicted molar refractivity (Wildman–Crippen MR) is 138 cm³/mol. The van der Waals surface area contributed by atoms with Crippen molar-refractivity contribution in [3.8, 4) is 11.1 Å². The number of hydrogen-bond donors (Lipinski definition) is 2. The van der Waals surface area contributed by atoms with Gasteiger partial charge >= 0.3 is 0 Å². The van der Waals surface area contributed by atoms with Gasteiger partial charge in [0.1, 0.15) is 11.3 Å². The first-order valence-corrected chi connectivity index (χ1v) is 12.9. The topological polar surface area (TPSA) is 88.9 Å². The highest BCUT2D eigenvalue weighted by Gasteiger charge is 2.17. The van der Waals surface area contributed by atoms with Crippen molar-refractivity contribution in [1.82, 2.24) is 14.1 Å². The van der Waals surface area contributed by atoms with E-state index in [2.05, 4.69) is 9.71 Å². The SMILES string of the molecule is Cc1cc(F)cc(C)c1Cn1ccc2c(NS(C)(=O)=O)cc(-c3cn(C)c4c(=O)[nH]ccc34)cc21. The Hall–Kier alpha value is -3.85. The lowest BCUT2D eigenvalue weighted by Gasteiger charge is -2.14. The monoisotopic (exact) mass is 492 g/mol. The molecule has 7 nitrogen and oxygen atoms in total.